The van der Waals surface area contributed by atoms with Crippen LogP contribution >= 0.6 is 0 Å². The van der Waals surface area contributed by atoms with Crippen molar-refractivity contribution in [3.8, 4) is 11.1 Å². The molecule has 8 heteroatoms. The first-order valence-corrected chi connectivity index (χ1v) is 12.0. The molecule has 1 aliphatic heterocycles. The van der Waals surface area contributed by atoms with Gasteiger partial charge in [0, 0.05) is 12.5 Å². The van der Waals surface area contributed by atoms with Gasteiger partial charge in [0.25, 0.3) is 0 Å². The molecule has 184 valence electrons. The first-order chi connectivity index (χ1) is 16.8. The van der Waals surface area contributed by atoms with Crippen LogP contribution in [0.1, 0.15) is 43.2 Å². The van der Waals surface area contributed by atoms with E-state index in [1.54, 1.807) is 6.92 Å². The van der Waals surface area contributed by atoms with Crippen LogP contribution in [0.3, 0.4) is 0 Å². The number of rotatable bonds is 7. The largest absolute Gasteiger partial charge is 0.481 e. The Kier molecular flexibility index (Phi) is 6.01. The van der Waals surface area contributed by atoms with Crippen LogP contribution in [0.15, 0.2) is 48.5 Å². The van der Waals surface area contributed by atoms with Crippen LogP contribution in [0, 0.1) is 10.8 Å². The van der Waals surface area contributed by atoms with Crippen molar-refractivity contribution in [2.24, 2.45) is 10.8 Å². The second kappa shape index (κ2) is 9.00. The fourth-order valence-corrected chi connectivity index (χ4v) is 5.37. The smallest absolute Gasteiger partial charge is 0.407 e. The lowest BCUT2D eigenvalue weighted by Crippen LogP contribution is -2.58. The van der Waals surface area contributed by atoms with Gasteiger partial charge in [-0.1, -0.05) is 55.0 Å². The predicted octanol–water partition coefficient (Wildman–Crippen LogP) is 3.30. The first kappa shape index (κ1) is 23.4. The van der Waals surface area contributed by atoms with Gasteiger partial charge >= 0.3 is 12.1 Å². The van der Waals surface area contributed by atoms with Gasteiger partial charge in [-0.05, 0) is 42.0 Å². The maximum atomic E-state index is 13.1. The lowest BCUT2D eigenvalue weighted by molar-refractivity contribution is -0.149. The molecule has 2 amide bonds. The molecule has 2 unspecified atom stereocenters. The molecule has 5 rings (SSSR count). The summed E-state index contributed by atoms with van der Waals surface area (Å²) in [5.74, 6) is -1.28. The zero-order valence-electron chi connectivity index (χ0n) is 19.7. The molecule has 2 aliphatic carbocycles. The van der Waals surface area contributed by atoms with Crippen molar-refractivity contribution in [3.05, 3.63) is 59.7 Å². The number of benzene rings is 2. The highest BCUT2D eigenvalue weighted by Crippen LogP contribution is 2.45. The topological polar surface area (TPSA) is 114 Å². The summed E-state index contributed by atoms with van der Waals surface area (Å²) in [6.45, 7) is 2.14. The van der Waals surface area contributed by atoms with E-state index in [0.29, 0.717) is 12.8 Å². The normalized spacial score (nSPS) is 24.1. The van der Waals surface area contributed by atoms with Gasteiger partial charge in [-0.15, -0.1) is 0 Å². The standard InChI is InChI=1S/C27H30N2O6/c1-26(24(31)32)16-34-14-22(26)29-23(30)27(11-6-12-27)15-28-25(33)35-13-21-19-9-4-2-7-17(19)18-8-3-5-10-20(18)21/h2-5,7-10,21-22H,6,11-16H2,1H3,(H,28,33)(H,29,30)(H,31,32). The van der Waals surface area contributed by atoms with Gasteiger partial charge < -0.3 is 25.2 Å². The number of carboxylic acid groups (broad SMARTS) is 1. The van der Waals surface area contributed by atoms with Gasteiger partial charge in [0.2, 0.25) is 5.91 Å². The third-order valence-electron chi connectivity index (χ3n) is 7.96. The zero-order valence-corrected chi connectivity index (χ0v) is 19.7. The number of hydrogen-bond acceptors (Lipinski definition) is 5. The van der Waals surface area contributed by atoms with E-state index in [2.05, 4.69) is 34.9 Å². The van der Waals surface area contributed by atoms with Crippen molar-refractivity contribution in [1.29, 1.82) is 0 Å². The number of carbonyl (C=O) groups excluding carboxylic acids is 2. The number of aliphatic carboxylic acids is 1. The minimum absolute atomic E-state index is 0.0369. The van der Waals surface area contributed by atoms with Crippen molar-refractivity contribution < 1.29 is 29.0 Å². The summed E-state index contributed by atoms with van der Waals surface area (Å²) >= 11 is 0. The van der Waals surface area contributed by atoms with E-state index in [1.807, 2.05) is 24.3 Å². The Labute approximate surface area is 204 Å². The van der Waals surface area contributed by atoms with Crippen LogP contribution in [-0.4, -0.2) is 55.5 Å². The molecule has 0 spiro atoms. The highest BCUT2D eigenvalue weighted by molar-refractivity contribution is 5.86. The van der Waals surface area contributed by atoms with E-state index < -0.39 is 28.9 Å². The number of ether oxygens (including phenoxy) is 2. The van der Waals surface area contributed by atoms with E-state index in [4.69, 9.17) is 9.47 Å². The number of nitrogens with one attached hydrogen (secondary N) is 2. The molecule has 2 atom stereocenters. The van der Waals surface area contributed by atoms with E-state index in [1.165, 1.54) is 0 Å². The van der Waals surface area contributed by atoms with E-state index in [9.17, 15) is 19.5 Å². The summed E-state index contributed by atoms with van der Waals surface area (Å²) in [4.78, 5) is 37.4. The van der Waals surface area contributed by atoms with E-state index in [0.717, 1.165) is 28.7 Å². The van der Waals surface area contributed by atoms with Gasteiger partial charge in [-0.25, -0.2) is 4.79 Å². The second-order valence-corrected chi connectivity index (χ2v) is 10.1. The summed E-state index contributed by atoms with van der Waals surface area (Å²) in [6, 6.07) is 15.7. The third-order valence-corrected chi connectivity index (χ3v) is 7.96. The van der Waals surface area contributed by atoms with Gasteiger partial charge in [0.1, 0.15) is 12.0 Å². The number of hydrogen-bond donors (Lipinski definition) is 3. The van der Waals surface area contributed by atoms with Crippen LogP contribution in [0.5, 0.6) is 0 Å². The third kappa shape index (κ3) is 4.05. The minimum atomic E-state index is -1.17. The van der Waals surface area contributed by atoms with Crippen molar-refractivity contribution in [3.63, 3.8) is 0 Å². The van der Waals surface area contributed by atoms with Crippen molar-refractivity contribution >= 4 is 18.0 Å². The molecule has 3 aliphatic rings. The molecule has 1 saturated carbocycles. The molecule has 0 bridgehead atoms. The highest BCUT2D eigenvalue weighted by atomic mass is 16.5. The van der Waals surface area contributed by atoms with Crippen molar-refractivity contribution in [1.82, 2.24) is 10.6 Å². The molecule has 35 heavy (non-hydrogen) atoms. The molecule has 3 N–H and O–H groups in total. The average Bonchev–Trinajstić information content (AvgIpc) is 3.35. The monoisotopic (exact) mass is 478 g/mol. The molecule has 2 aromatic rings. The number of alkyl carbamates (subject to hydrolysis) is 1. The Morgan fingerprint density at radius 2 is 1.69 bits per heavy atom. The molecular formula is C27H30N2O6. The maximum absolute atomic E-state index is 13.1. The van der Waals surface area contributed by atoms with Crippen molar-refractivity contribution in [2.75, 3.05) is 26.4 Å². The highest BCUT2D eigenvalue weighted by Gasteiger charge is 2.51. The first-order valence-electron chi connectivity index (χ1n) is 12.0. The lowest BCUT2D eigenvalue weighted by atomic mass is 9.67. The van der Waals surface area contributed by atoms with Crippen molar-refractivity contribution in [2.45, 2.75) is 38.1 Å². The molecule has 2 aromatic carbocycles. The second-order valence-electron chi connectivity index (χ2n) is 10.1. The molecule has 1 saturated heterocycles. The number of carboxylic acids is 1. The maximum Gasteiger partial charge on any atom is 0.407 e. The van der Waals surface area contributed by atoms with Gasteiger partial charge in [0.15, 0.2) is 0 Å². The lowest BCUT2D eigenvalue weighted by Gasteiger charge is -2.41. The van der Waals surface area contributed by atoms with Gasteiger partial charge in [-0.2, -0.15) is 0 Å². The molecule has 1 heterocycles. The average molecular weight is 479 g/mol. The van der Waals surface area contributed by atoms with Gasteiger partial charge in [-0.3, -0.25) is 9.59 Å². The van der Waals surface area contributed by atoms with Crippen LogP contribution in [-0.2, 0) is 19.1 Å². The fourth-order valence-electron chi connectivity index (χ4n) is 5.37. The molecule has 8 nitrogen and oxygen atoms in total. The molecular weight excluding hydrogens is 448 g/mol. The van der Waals surface area contributed by atoms with Gasteiger partial charge in [0.05, 0.1) is 24.7 Å². The Morgan fingerprint density at radius 3 is 2.26 bits per heavy atom. The Bertz CT molecular complexity index is 1110. The fraction of sp³-hybridized carbons (Fsp3) is 0.444. The molecule has 0 radical (unpaired) electrons. The zero-order chi connectivity index (χ0) is 24.6. The van der Waals surface area contributed by atoms with E-state index in [-0.39, 0.29) is 38.2 Å². The Hall–Kier alpha value is -3.39. The minimum Gasteiger partial charge on any atom is -0.481 e. The number of amides is 2. The van der Waals surface area contributed by atoms with Crippen LogP contribution in [0.2, 0.25) is 0 Å². The SMILES string of the molecule is CC1(C(=O)O)COCC1NC(=O)C1(CNC(=O)OCC2c3ccccc3-c3ccccc32)CCC1. The van der Waals surface area contributed by atoms with Crippen LogP contribution in [0.25, 0.3) is 11.1 Å². The summed E-state index contributed by atoms with van der Waals surface area (Å²) < 4.78 is 10.9. The number of fused-ring (bicyclic) bond motifs is 3. The summed E-state index contributed by atoms with van der Waals surface area (Å²) in [5.41, 5.74) is 2.67. The molecule has 0 aromatic heterocycles. The number of carbonyl (C=O) groups is 3. The van der Waals surface area contributed by atoms with E-state index >= 15 is 0 Å². The van der Waals surface area contributed by atoms with Crippen LogP contribution < -0.4 is 10.6 Å². The van der Waals surface area contributed by atoms with Crippen LogP contribution in [0.4, 0.5) is 4.79 Å². The Balaban J connectivity index is 1.19. The summed E-state index contributed by atoms with van der Waals surface area (Å²) in [6.07, 6.45) is 1.56. The quantitative estimate of drug-likeness (QED) is 0.563. The summed E-state index contributed by atoms with van der Waals surface area (Å²) in [7, 11) is 0. The molecule has 2 fully saturated rings. The summed E-state index contributed by atoms with van der Waals surface area (Å²) in [5, 5.41) is 15.2. The Morgan fingerprint density at radius 1 is 1.06 bits per heavy atom. The predicted molar refractivity (Wildman–Crippen MR) is 128 cm³/mol.